The first kappa shape index (κ1) is 13.4. The summed E-state index contributed by atoms with van der Waals surface area (Å²) in [6.07, 6.45) is 0.698. The van der Waals surface area contributed by atoms with Crippen LogP contribution in [0.1, 0.15) is 20.3 Å². The second-order valence-electron chi connectivity index (χ2n) is 5.54. The van der Waals surface area contributed by atoms with Crippen LogP contribution in [-0.2, 0) is 4.79 Å². The molecule has 98 valence electrons. The summed E-state index contributed by atoms with van der Waals surface area (Å²) in [4.78, 5) is 13.5. The van der Waals surface area contributed by atoms with Gasteiger partial charge in [0.1, 0.15) is 0 Å². The Balaban J connectivity index is 2.21. The first-order chi connectivity index (χ1) is 8.42. The van der Waals surface area contributed by atoms with E-state index in [-0.39, 0.29) is 11.3 Å². The number of nitrogens with zero attached hydrogens (tertiary/aromatic N) is 1. The first-order valence-electron chi connectivity index (χ1n) is 6.14. The Morgan fingerprint density at radius 1 is 1.44 bits per heavy atom. The predicted octanol–water partition coefficient (Wildman–Crippen LogP) is 3.39. The van der Waals surface area contributed by atoms with E-state index in [4.69, 9.17) is 0 Å². The minimum absolute atomic E-state index is 0.209. The standard InChI is InChI=1S/C14H18BrNO2/c1-14(2)9-16(8-7-10(14)13(17)18)12-6-4-3-5-11(12)15/h3-6,10H,7-9H2,1-2H3,(H,17,18). The topological polar surface area (TPSA) is 40.5 Å². The summed E-state index contributed by atoms with van der Waals surface area (Å²) >= 11 is 3.56. The van der Waals surface area contributed by atoms with Gasteiger partial charge in [-0.1, -0.05) is 26.0 Å². The van der Waals surface area contributed by atoms with E-state index < -0.39 is 5.97 Å². The molecule has 2 rings (SSSR count). The van der Waals surface area contributed by atoms with E-state index in [0.29, 0.717) is 6.42 Å². The number of para-hydroxylation sites is 1. The number of carboxylic acid groups (broad SMARTS) is 1. The molecular weight excluding hydrogens is 294 g/mol. The Hall–Kier alpha value is -1.03. The van der Waals surface area contributed by atoms with Gasteiger partial charge >= 0.3 is 5.97 Å². The lowest BCUT2D eigenvalue weighted by molar-refractivity contribution is -0.146. The number of halogens is 1. The van der Waals surface area contributed by atoms with Crippen molar-refractivity contribution in [2.24, 2.45) is 11.3 Å². The van der Waals surface area contributed by atoms with Gasteiger partial charge in [0.15, 0.2) is 0 Å². The number of anilines is 1. The molecule has 1 N–H and O–H groups in total. The molecule has 0 spiro atoms. The van der Waals surface area contributed by atoms with Gasteiger partial charge < -0.3 is 10.0 Å². The van der Waals surface area contributed by atoms with Gasteiger partial charge in [-0.2, -0.15) is 0 Å². The van der Waals surface area contributed by atoms with Crippen molar-refractivity contribution < 1.29 is 9.90 Å². The van der Waals surface area contributed by atoms with E-state index in [1.54, 1.807) is 0 Å². The van der Waals surface area contributed by atoms with Crippen LogP contribution < -0.4 is 4.90 Å². The number of carboxylic acids is 1. The van der Waals surface area contributed by atoms with Crippen LogP contribution in [0.3, 0.4) is 0 Å². The molecule has 1 saturated heterocycles. The summed E-state index contributed by atoms with van der Waals surface area (Å²) in [6, 6.07) is 8.09. The van der Waals surface area contributed by atoms with E-state index in [2.05, 4.69) is 26.9 Å². The van der Waals surface area contributed by atoms with Gasteiger partial charge in [0.2, 0.25) is 0 Å². The van der Waals surface area contributed by atoms with Crippen LogP contribution >= 0.6 is 15.9 Å². The minimum Gasteiger partial charge on any atom is -0.481 e. The molecule has 0 radical (unpaired) electrons. The minimum atomic E-state index is -0.674. The Bertz CT molecular complexity index is 459. The van der Waals surface area contributed by atoms with Crippen LogP contribution in [0, 0.1) is 11.3 Å². The zero-order valence-electron chi connectivity index (χ0n) is 10.7. The summed E-state index contributed by atoms with van der Waals surface area (Å²) < 4.78 is 1.06. The third-order valence-electron chi connectivity index (χ3n) is 3.72. The van der Waals surface area contributed by atoms with Gasteiger partial charge in [0.05, 0.1) is 11.6 Å². The van der Waals surface area contributed by atoms with Crippen LogP contribution in [-0.4, -0.2) is 24.2 Å². The molecule has 1 atom stereocenters. The summed E-state index contributed by atoms with van der Waals surface area (Å²) in [5, 5.41) is 9.26. The average molecular weight is 312 g/mol. The second kappa shape index (κ2) is 4.92. The molecule has 1 heterocycles. The third kappa shape index (κ3) is 2.53. The number of hydrogen-bond donors (Lipinski definition) is 1. The Kier molecular flexibility index (Phi) is 3.66. The number of piperidine rings is 1. The summed E-state index contributed by atoms with van der Waals surface area (Å²) in [7, 11) is 0. The van der Waals surface area contributed by atoms with Crippen molar-refractivity contribution in [2.45, 2.75) is 20.3 Å². The van der Waals surface area contributed by atoms with E-state index in [1.807, 2.05) is 32.0 Å². The lowest BCUT2D eigenvalue weighted by Crippen LogP contribution is -2.48. The maximum absolute atomic E-state index is 11.3. The van der Waals surface area contributed by atoms with Gasteiger partial charge in [-0.05, 0) is 39.9 Å². The third-order valence-corrected chi connectivity index (χ3v) is 4.39. The molecule has 0 aliphatic carbocycles. The zero-order valence-corrected chi connectivity index (χ0v) is 12.3. The Labute approximate surface area is 116 Å². The molecule has 0 amide bonds. The largest absolute Gasteiger partial charge is 0.481 e. The molecule has 1 aliphatic heterocycles. The van der Waals surface area contributed by atoms with Crippen LogP contribution in [0.5, 0.6) is 0 Å². The molecule has 1 fully saturated rings. The fourth-order valence-electron chi connectivity index (χ4n) is 2.73. The number of benzene rings is 1. The molecule has 0 saturated carbocycles. The van der Waals surface area contributed by atoms with Crippen molar-refractivity contribution in [3.05, 3.63) is 28.7 Å². The predicted molar refractivity (Wildman–Crippen MR) is 75.9 cm³/mol. The molecule has 3 nitrogen and oxygen atoms in total. The molecule has 0 bridgehead atoms. The van der Waals surface area contributed by atoms with Crippen LogP contribution in [0.2, 0.25) is 0 Å². The van der Waals surface area contributed by atoms with Gasteiger partial charge in [-0.3, -0.25) is 4.79 Å². The van der Waals surface area contributed by atoms with Crippen molar-refractivity contribution in [1.29, 1.82) is 0 Å². The van der Waals surface area contributed by atoms with E-state index >= 15 is 0 Å². The molecule has 1 aromatic rings. The van der Waals surface area contributed by atoms with Gasteiger partial charge in [0, 0.05) is 17.6 Å². The molecule has 4 heteroatoms. The van der Waals surface area contributed by atoms with Gasteiger partial charge in [-0.25, -0.2) is 0 Å². The average Bonchev–Trinajstić information content (AvgIpc) is 2.27. The summed E-state index contributed by atoms with van der Waals surface area (Å²) in [5.74, 6) is -0.928. The van der Waals surface area contributed by atoms with Crippen molar-refractivity contribution in [1.82, 2.24) is 0 Å². The van der Waals surface area contributed by atoms with Gasteiger partial charge in [-0.15, -0.1) is 0 Å². The van der Waals surface area contributed by atoms with Crippen LogP contribution in [0.15, 0.2) is 28.7 Å². The Morgan fingerprint density at radius 3 is 2.67 bits per heavy atom. The maximum Gasteiger partial charge on any atom is 0.307 e. The maximum atomic E-state index is 11.3. The summed E-state index contributed by atoms with van der Waals surface area (Å²) in [6.45, 7) is 5.64. The number of hydrogen-bond acceptors (Lipinski definition) is 2. The van der Waals surface area contributed by atoms with Crippen molar-refractivity contribution >= 4 is 27.6 Å². The fourth-order valence-corrected chi connectivity index (χ4v) is 3.26. The molecule has 1 unspecified atom stereocenters. The highest BCUT2D eigenvalue weighted by atomic mass is 79.9. The van der Waals surface area contributed by atoms with Crippen LogP contribution in [0.25, 0.3) is 0 Å². The normalized spacial score (nSPS) is 22.8. The quantitative estimate of drug-likeness (QED) is 0.910. The lowest BCUT2D eigenvalue weighted by atomic mass is 9.74. The summed E-state index contributed by atoms with van der Waals surface area (Å²) in [5.41, 5.74) is 0.939. The number of rotatable bonds is 2. The smallest absolute Gasteiger partial charge is 0.307 e. The van der Waals surface area contributed by atoms with E-state index in [0.717, 1.165) is 23.2 Å². The first-order valence-corrected chi connectivity index (χ1v) is 6.93. The lowest BCUT2D eigenvalue weighted by Gasteiger charge is -2.43. The second-order valence-corrected chi connectivity index (χ2v) is 6.40. The van der Waals surface area contributed by atoms with Crippen molar-refractivity contribution in [3.8, 4) is 0 Å². The van der Waals surface area contributed by atoms with Crippen molar-refractivity contribution in [2.75, 3.05) is 18.0 Å². The van der Waals surface area contributed by atoms with Gasteiger partial charge in [0.25, 0.3) is 0 Å². The highest BCUT2D eigenvalue weighted by molar-refractivity contribution is 9.10. The zero-order chi connectivity index (χ0) is 13.3. The molecule has 1 aliphatic rings. The molecular formula is C14H18BrNO2. The molecule has 1 aromatic carbocycles. The highest BCUT2D eigenvalue weighted by Gasteiger charge is 2.40. The van der Waals surface area contributed by atoms with E-state index in [1.165, 1.54) is 0 Å². The number of carbonyl (C=O) groups is 1. The molecule has 0 aromatic heterocycles. The fraction of sp³-hybridized carbons (Fsp3) is 0.500. The number of aliphatic carboxylic acids is 1. The SMILES string of the molecule is CC1(C)CN(c2ccccc2Br)CCC1C(=O)O. The van der Waals surface area contributed by atoms with Crippen LogP contribution in [0.4, 0.5) is 5.69 Å². The van der Waals surface area contributed by atoms with Crippen molar-refractivity contribution in [3.63, 3.8) is 0 Å². The Morgan fingerprint density at radius 2 is 2.11 bits per heavy atom. The molecule has 18 heavy (non-hydrogen) atoms. The monoisotopic (exact) mass is 311 g/mol. The van der Waals surface area contributed by atoms with E-state index in [9.17, 15) is 9.90 Å². The highest BCUT2D eigenvalue weighted by Crippen LogP contribution is 2.38.